The molecule has 0 aliphatic heterocycles. The van der Waals surface area contributed by atoms with Gasteiger partial charge in [-0.15, -0.1) is 0 Å². The number of aromatic nitrogens is 2. The van der Waals surface area contributed by atoms with Crippen LogP contribution in [0.4, 0.5) is 5.82 Å². The fourth-order valence-electron chi connectivity index (χ4n) is 1.23. The zero-order chi connectivity index (χ0) is 12.1. The summed E-state index contributed by atoms with van der Waals surface area (Å²) in [6.07, 6.45) is 4.73. The summed E-state index contributed by atoms with van der Waals surface area (Å²) in [6.45, 7) is 0.564. The third-order valence-corrected chi connectivity index (χ3v) is 2.08. The fraction of sp³-hybridized carbons (Fsp3) is 0.182. The number of nitrogens with zero attached hydrogens (tertiary/aromatic N) is 2. The molecule has 0 aliphatic carbocycles. The van der Waals surface area contributed by atoms with Gasteiger partial charge in [-0.3, -0.25) is 0 Å². The Balaban J connectivity index is 2.03. The van der Waals surface area contributed by atoms with Crippen molar-refractivity contribution in [1.29, 1.82) is 0 Å². The van der Waals surface area contributed by atoms with E-state index in [2.05, 4.69) is 20.0 Å². The van der Waals surface area contributed by atoms with E-state index in [0.717, 1.165) is 5.56 Å². The fourth-order valence-corrected chi connectivity index (χ4v) is 1.23. The van der Waals surface area contributed by atoms with Crippen LogP contribution >= 0.6 is 0 Å². The molecule has 17 heavy (non-hydrogen) atoms. The van der Waals surface area contributed by atoms with Crippen LogP contribution in [0.25, 0.3) is 0 Å². The average molecular weight is 233 g/mol. The van der Waals surface area contributed by atoms with Gasteiger partial charge in [0.05, 0.1) is 19.6 Å². The monoisotopic (exact) mass is 233 g/mol. The lowest BCUT2D eigenvalue weighted by Crippen LogP contribution is -2.09. The molecule has 0 spiro atoms. The molecule has 2 rings (SSSR count). The maximum atomic E-state index is 11.2. The van der Waals surface area contributed by atoms with Gasteiger partial charge in [0.25, 0.3) is 0 Å². The SMILES string of the molecule is COC(=O)c1nccc(NCc2ccoc2)n1. The first-order chi connectivity index (χ1) is 8.29. The topological polar surface area (TPSA) is 77.2 Å². The van der Waals surface area contributed by atoms with Crippen molar-refractivity contribution in [2.24, 2.45) is 0 Å². The predicted octanol–water partition coefficient (Wildman–Crippen LogP) is 1.47. The summed E-state index contributed by atoms with van der Waals surface area (Å²) in [7, 11) is 1.29. The zero-order valence-corrected chi connectivity index (χ0v) is 9.21. The van der Waals surface area contributed by atoms with E-state index in [1.807, 2.05) is 6.07 Å². The van der Waals surface area contributed by atoms with E-state index in [9.17, 15) is 4.79 Å². The second kappa shape index (κ2) is 5.11. The van der Waals surface area contributed by atoms with Crippen molar-refractivity contribution < 1.29 is 13.9 Å². The first-order valence-corrected chi connectivity index (χ1v) is 4.96. The lowest BCUT2D eigenvalue weighted by Gasteiger charge is -2.04. The number of rotatable bonds is 4. The molecule has 0 fully saturated rings. The van der Waals surface area contributed by atoms with Gasteiger partial charge in [0.1, 0.15) is 5.82 Å². The van der Waals surface area contributed by atoms with Crippen LogP contribution in [0, 0.1) is 0 Å². The Bertz CT molecular complexity index is 496. The molecule has 0 radical (unpaired) electrons. The van der Waals surface area contributed by atoms with E-state index < -0.39 is 5.97 Å². The van der Waals surface area contributed by atoms with Gasteiger partial charge in [-0.05, 0) is 12.1 Å². The summed E-state index contributed by atoms with van der Waals surface area (Å²) in [5, 5.41) is 3.05. The van der Waals surface area contributed by atoms with E-state index in [-0.39, 0.29) is 5.82 Å². The van der Waals surface area contributed by atoms with Gasteiger partial charge in [-0.25, -0.2) is 14.8 Å². The molecule has 0 saturated carbocycles. The van der Waals surface area contributed by atoms with E-state index in [1.54, 1.807) is 18.6 Å². The normalized spacial score (nSPS) is 9.94. The Morgan fingerprint density at radius 1 is 1.53 bits per heavy atom. The number of hydrogen-bond acceptors (Lipinski definition) is 6. The number of furan rings is 1. The molecule has 6 nitrogen and oxygen atoms in total. The molecule has 88 valence electrons. The van der Waals surface area contributed by atoms with Gasteiger partial charge in [0.15, 0.2) is 0 Å². The van der Waals surface area contributed by atoms with Crippen LogP contribution in [0.1, 0.15) is 16.2 Å². The highest BCUT2D eigenvalue weighted by atomic mass is 16.5. The molecule has 2 aromatic heterocycles. The average Bonchev–Trinajstić information content (AvgIpc) is 2.89. The van der Waals surface area contributed by atoms with Crippen molar-refractivity contribution in [3.63, 3.8) is 0 Å². The summed E-state index contributed by atoms with van der Waals surface area (Å²) in [4.78, 5) is 19.0. The summed E-state index contributed by atoms with van der Waals surface area (Å²) in [5.74, 6) is 0.0308. The number of anilines is 1. The Kier molecular flexibility index (Phi) is 3.34. The van der Waals surface area contributed by atoms with E-state index >= 15 is 0 Å². The molecule has 2 aromatic rings. The second-order valence-electron chi connectivity index (χ2n) is 3.24. The van der Waals surface area contributed by atoms with Crippen molar-refractivity contribution >= 4 is 11.8 Å². The molecule has 0 aromatic carbocycles. The van der Waals surface area contributed by atoms with Crippen LogP contribution in [0.2, 0.25) is 0 Å². The first kappa shape index (κ1) is 11.1. The summed E-state index contributed by atoms with van der Waals surface area (Å²) < 4.78 is 9.47. The molecule has 6 heteroatoms. The van der Waals surface area contributed by atoms with Crippen LogP contribution in [0.15, 0.2) is 35.3 Å². The minimum absolute atomic E-state index is 0.0321. The van der Waals surface area contributed by atoms with Crippen LogP contribution in [0.3, 0.4) is 0 Å². The molecular formula is C11H11N3O3. The molecule has 0 bridgehead atoms. The molecule has 0 saturated heterocycles. The van der Waals surface area contributed by atoms with E-state index in [1.165, 1.54) is 13.3 Å². The lowest BCUT2D eigenvalue weighted by molar-refractivity contribution is 0.0587. The maximum absolute atomic E-state index is 11.2. The van der Waals surface area contributed by atoms with Gasteiger partial charge < -0.3 is 14.5 Å². The van der Waals surface area contributed by atoms with Crippen molar-refractivity contribution in [2.75, 3.05) is 12.4 Å². The Morgan fingerprint density at radius 2 is 2.41 bits per heavy atom. The minimum Gasteiger partial charge on any atom is -0.472 e. The molecule has 2 heterocycles. The maximum Gasteiger partial charge on any atom is 0.376 e. The van der Waals surface area contributed by atoms with Crippen LogP contribution in [-0.4, -0.2) is 23.0 Å². The number of esters is 1. The quantitative estimate of drug-likeness (QED) is 0.806. The van der Waals surface area contributed by atoms with Crippen LogP contribution < -0.4 is 5.32 Å². The number of carbonyl (C=O) groups excluding carboxylic acids is 1. The summed E-state index contributed by atoms with van der Waals surface area (Å²) in [6, 6.07) is 3.52. The van der Waals surface area contributed by atoms with Gasteiger partial charge >= 0.3 is 5.97 Å². The number of hydrogen-bond donors (Lipinski definition) is 1. The zero-order valence-electron chi connectivity index (χ0n) is 9.21. The van der Waals surface area contributed by atoms with Crippen molar-refractivity contribution in [3.8, 4) is 0 Å². The summed E-state index contributed by atoms with van der Waals surface area (Å²) in [5.41, 5.74) is 0.989. The third kappa shape index (κ3) is 2.81. The second-order valence-corrected chi connectivity index (χ2v) is 3.24. The minimum atomic E-state index is -0.558. The van der Waals surface area contributed by atoms with Crippen LogP contribution in [0.5, 0.6) is 0 Å². The first-order valence-electron chi connectivity index (χ1n) is 4.96. The predicted molar refractivity (Wildman–Crippen MR) is 59.4 cm³/mol. The Labute approximate surface area is 97.6 Å². The number of methoxy groups -OCH3 is 1. The molecular weight excluding hydrogens is 222 g/mol. The van der Waals surface area contributed by atoms with Gasteiger partial charge in [-0.1, -0.05) is 0 Å². The van der Waals surface area contributed by atoms with Gasteiger partial charge in [0, 0.05) is 18.3 Å². The number of nitrogens with one attached hydrogen (secondary N) is 1. The smallest absolute Gasteiger partial charge is 0.376 e. The highest BCUT2D eigenvalue weighted by Crippen LogP contribution is 2.06. The number of ether oxygens (including phenoxy) is 1. The van der Waals surface area contributed by atoms with E-state index in [4.69, 9.17) is 4.42 Å². The van der Waals surface area contributed by atoms with Gasteiger partial charge in [-0.2, -0.15) is 0 Å². The highest BCUT2D eigenvalue weighted by molar-refractivity contribution is 5.85. The van der Waals surface area contributed by atoms with Gasteiger partial charge in [0.2, 0.25) is 5.82 Å². The Hall–Kier alpha value is -2.37. The highest BCUT2D eigenvalue weighted by Gasteiger charge is 2.09. The molecule has 0 unspecified atom stereocenters. The lowest BCUT2D eigenvalue weighted by atomic mass is 10.3. The largest absolute Gasteiger partial charge is 0.472 e. The molecule has 0 atom stereocenters. The Morgan fingerprint density at radius 3 is 3.12 bits per heavy atom. The van der Waals surface area contributed by atoms with E-state index in [0.29, 0.717) is 12.4 Å². The molecule has 0 aliphatic rings. The number of carbonyl (C=O) groups is 1. The van der Waals surface area contributed by atoms with Crippen molar-refractivity contribution in [2.45, 2.75) is 6.54 Å². The summed E-state index contributed by atoms with van der Waals surface area (Å²) >= 11 is 0. The van der Waals surface area contributed by atoms with Crippen LogP contribution in [-0.2, 0) is 11.3 Å². The molecule has 1 N–H and O–H groups in total. The third-order valence-electron chi connectivity index (χ3n) is 2.08. The molecule has 0 amide bonds. The standard InChI is InChI=1S/C11H11N3O3/c1-16-11(15)10-12-4-2-9(14-10)13-6-8-3-5-17-7-8/h2-5,7H,6H2,1H3,(H,12,13,14). The van der Waals surface area contributed by atoms with Crippen molar-refractivity contribution in [3.05, 3.63) is 42.2 Å². The van der Waals surface area contributed by atoms with Crippen molar-refractivity contribution in [1.82, 2.24) is 9.97 Å².